The molecule has 3 rings (SSSR count). The van der Waals surface area contributed by atoms with Crippen molar-refractivity contribution in [2.45, 2.75) is 44.6 Å². The van der Waals surface area contributed by atoms with Gasteiger partial charge in [-0.05, 0) is 62.2 Å². The highest BCUT2D eigenvalue weighted by atomic mass is 16.1. The average Bonchev–Trinajstić information content (AvgIpc) is 2.90. The predicted molar refractivity (Wildman–Crippen MR) is 80.5 cm³/mol. The fourth-order valence-corrected chi connectivity index (χ4v) is 3.48. The van der Waals surface area contributed by atoms with Crippen molar-refractivity contribution in [1.82, 2.24) is 10.6 Å². The lowest BCUT2D eigenvalue weighted by Gasteiger charge is -2.22. The lowest BCUT2D eigenvalue weighted by Crippen LogP contribution is -2.30. The largest absolute Gasteiger partial charge is 0.349 e. The topological polar surface area (TPSA) is 41.1 Å². The van der Waals surface area contributed by atoms with E-state index in [-0.39, 0.29) is 11.9 Å². The Morgan fingerprint density at radius 1 is 1.20 bits per heavy atom. The smallest absolute Gasteiger partial charge is 0.220 e. The van der Waals surface area contributed by atoms with Crippen LogP contribution >= 0.6 is 0 Å². The van der Waals surface area contributed by atoms with Crippen LogP contribution in [-0.4, -0.2) is 19.0 Å². The molecule has 1 aliphatic heterocycles. The Balaban J connectivity index is 1.47. The molecule has 1 aromatic rings. The van der Waals surface area contributed by atoms with E-state index in [9.17, 15) is 4.79 Å². The van der Waals surface area contributed by atoms with E-state index in [1.165, 1.54) is 24.0 Å². The summed E-state index contributed by atoms with van der Waals surface area (Å²) in [6.07, 6.45) is 6.32. The van der Waals surface area contributed by atoms with Crippen LogP contribution in [0.1, 0.15) is 49.3 Å². The molecule has 0 radical (unpaired) electrons. The van der Waals surface area contributed by atoms with Gasteiger partial charge in [0.25, 0.3) is 0 Å². The fraction of sp³-hybridized carbons (Fsp3) is 0.588. The van der Waals surface area contributed by atoms with Gasteiger partial charge in [-0.15, -0.1) is 0 Å². The quantitative estimate of drug-likeness (QED) is 0.884. The van der Waals surface area contributed by atoms with Crippen LogP contribution in [0, 0.1) is 5.92 Å². The maximum Gasteiger partial charge on any atom is 0.220 e. The molecule has 1 saturated heterocycles. The van der Waals surface area contributed by atoms with Crippen LogP contribution in [0.3, 0.4) is 0 Å². The Labute approximate surface area is 121 Å². The van der Waals surface area contributed by atoms with E-state index in [0.29, 0.717) is 6.42 Å². The average molecular weight is 272 g/mol. The number of piperidine rings is 1. The maximum absolute atomic E-state index is 12.1. The summed E-state index contributed by atoms with van der Waals surface area (Å²) in [6, 6.07) is 8.72. The van der Waals surface area contributed by atoms with Gasteiger partial charge < -0.3 is 10.6 Å². The summed E-state index contributed by atoms with van der Waals surface area (Å²) in [5.41, 5.74) is 2.72. The molecule has 0 spiro atoms. The molecule has 1 unspecified atom stereocenters. The Morgan fingerprint density at radius 3 is 2.85 bits per heavy atom. The number of hydrogen-bond donors (Lipinski definition) is 2. The second kappa shape index (κ2) is 6.40. The summed E-state index contributed by atoms with van der Waals surface area (Å²) < 4.78 is 0. The van der Waals surface area contributed by atoms with Crippen LogP contribution in [0.5, 0.6) is 0 Å². The third kappa shape index (κ3) is 3.21. The van der Waals surface area contributed by atoms with Gasteiger partial charge in [0, 0.05) is 6.42 Å². The molecule has 1 atom stereocenters. The first-order chi connectivity index (χ1) is 9.83. The zero-order chi connectivity index (χ0) is 13.8. The molecule has 0 aromatic heterocycles. The number of carbonyl (C=O) groups is 1. The fourth-order valence-electron chi connectivity index (χ4n) is 3.48. The van der Waals surface area contributed by atoms with Crippen LogP contribution in [0.4, 0.5) is 0 Å². The molecule has 0 bridgehead atoms. The minimum Gasteiger partial charge on any atom is -0.349 e. The summed E-state index contributed by atoms with van der Waals surface area (Å²) >= 11 is 0. The lowest BCUT2D eigenvalue weighted by molar-refractivity contribution is -0.122. The molecule has 3 nitrogen and oxygen atoms in total. The van der Waals surface area contributed by atoms with Crippen molar-refractivity contribution < 1.29 is 4.79 Å². The molecule has 1 amide bonds. The van der Waals surface area contributed by atoms with Crippen LogP contribution in [-0.2, 0) is 11.2 Å². The number of benzene rings is 1. The van der Waals surface area contributed by atoms with Crippen molar-refractivity contribution in [3.8, 4) is 0 Å². The molecule has 1 aromatic carbocycles. The Morgan fingerprint density at radius 2 is 2.00 bits per heavy atom. The summed E-state index contributed by atoms with van der Waals surface area (Å²) in [6.45, 7) is 2.23. The van der Waals surface area contributed by atoms with Crippen molar-refractivity contribution >= 4 is 5.91 Å². The summed E-state index contributed by atoms with van der Waals surface area (Å²) in [5, 5.41) is 6.59. The number of hydrogen-bond acceptors (Lipinski definition) is 2. The Bertz CT molecular complexity index is 466. The van der Waals surface area contributed by atoms with Crippen molar-refractivity contribution in [1.29, 1.82) is 0 Å². The first-order valence-corrected chi connectivity index (χ1v) is 7.91. The molecule has 108 valence electrons. The SMILES string of the molecule is O=C(CCC1CCNCC1)NC1CCc2ccccc21. The second-order valence-corrected chi connectivity index (χ2v) is 6.09. The van der Waals surface area contributed by atoms with Crippen molar-refractivity contribution in [2.24, 2.45) is 5.92 Å². The van der Waals surface area contributed by atoms with Crippen molar-refractivity contribution in [3.63, 3.8) is 0 Å². The van der Waals surface area contributed by atoms with E-state index in [1.807, 2.05) is 0 Å². The van der Waals surface area contributed by atoms with E-state index in [2.05, 4.69) is 34.9 Å². The summed E-state index contributed by atoms with van der Waals surface area (Å²) in [7, 11) is 0. The molecule has 3 heteroatoms. The molecule has 20 heavy (non-hydrogen) atoms. The molecular formula is C17H24N2O. The molecule has 1 aliphatic carbocycles. The molecule has 1 heterocycles. The van der Waals surface area contributed by atoms with Crippen molar-refractivity contribution in [3.05, 3.63) is 35.4 Å². The van der Waals surface area contributed by atoms with Crippen molar-refractivity contribution in [2.75, 3.05) is 13.1 Å². The molecule has 0 saturated carbocycles. The Kier molecular flexibility index (Phi) is 4.36. The van der Waals surface area contributed by atoms with Gasteiger partial charge in [-0.2, -0.15) is 0 Å². The van der Waals surface area contributed by atoms with E-state index in [1.54, 1.807) is 0 Å². The van der Waals surface area contributed by atoms with Gasteiger partial charge in [-0.1, -0.05) is 24.3 Å². The Hall–Kier alpha value is -1.35. The van der Waals surface area contributed by atoms with E-state index >= 15 is 0 Å². The molecule has 2 N–H and O–H groups in total. The number of amides is 1. The predicted octanol–water partition coefficient (Wildman–Crippen LogP) is 2.57. The van der Waals surface area contributed by atoms with E-state index < -0.39 is 0 Å². The van der Waals surface area contributed by atoms with Gasteiger partial charge in [0.05, 0.1) is 6.04 Å². The minimum atomic E-state index is 0.227. The highest BCUT2D eigenvalue weighted by Gasteiger charge is 2.23. The van der Waals surface area contributed by atoms with Gasteiger partial charge in [0.2, 0.25) is 5.91 Å². The monoisotopic (exact) mass is 272 g/mol. The highest BCUT2D eigenvalue weighted by molar-refractivity contribution is 5.76. The van der Waals surface area contributed by atoms with Gasteiger partial charge in [-0.25, -0.2) is 0 Å². The molecule has 2 aliphatic rings. The molecule has 1 fully saturated rings. The van der Waals surface area contributed by atoms with Gasteiger partial charge in [0.1, 0.15) is 0 Å². The van der Waals surface area contributed by atoms with Crippen LogP contribution in [0.2, 0.25) is 0 Å². The number of aryl methyl sites for hydroxylation is 1. The van der Waals surface area contributed by atoms with E-state index in [0.717, 1.165) is 38.3 Å². The normalized spacial score (nSPS) is 22.5. The number of fused-ring (bicyclic) bond motifs is 1. The first-order valence-electron chi connectivity index (χ1n) is 7.91. The van der Waals surface area contributed by atoms with Gasteiger partial charge in [0.15, 0.2) is 0 Å². The van der Waals surface area contributed by atoms with E-state index in [4.69, 9.17) is 0 Å². The van der Waals surface area contributed by atoms with Gasteiger partial charge >= 0.3 is 0 Å². The maximum atomic E-state index is 12.1. The zero-order valence-electron chi connectivity index (χ0n) is 12.0. The minimum absolute atomic E-state index is 0.227. The van der Waals surface area contributed by atoms with Crippen LogP contribution < -0.4 is 10.6 Å². The third-order valence-corrected chi connectivity index (χ3v) is 4.71. The highest BCUT2D eigenvalue weighted by Crippen LogP contribution is 2.30. The number of nitrogens with one attached hydrogen (secondary N) is 2. The first kappa shape index (κ1) is 13.6. The third-order valence-electron chi connectivity index (χ3n) is 4.71. The van der Waals surface area contributed by atoms with Gasteiger partial charge in [-0.3, -0.25) is 4.79 Å². The lowest BCUT2D eigenvalue weighted by atomic mass is 9.93. The summed E-state index contributed by atoms with van der Waals surface area (Å²) in [5.74, 6) is 0.961. The van der Waals surface area contributed by atoms with Crippen LogP contribution in [0.15, 0.2) is 24.3 Å². The standard InChI is InChI=1S/C17H24N2O/c20-17(8-5-13-9-11-18-12-10-13)19-16-7-6-14-3-1-2-4-15(14)16/h1-4,13,16,18H,5-12H2,(H,19,20). The number of carbonyl (C=O) groups excluding carboxylic acids is 1. The number of rotatable bonds is 4. The molecular weight excluding hydrogens is 248 g/mol. The zero-order valence-corrected chi connectivity index (χ0v) is 12.0. The second-order valence-electron chi connectivity index (χ2n) is 6.09. The summed E-state index contributed by atoms with van der Waals surface area (Å²) in [4.78, 5) is 12.1. The van der Waals surface area contributed by atoms with Crippen LogP contribution in [0.25, 0.3) is 0 Å².